The Bertz CT molecular complexity index is 854. The first-order chi connectivity index (χ1) is 10.7. The summed E-state index contributed by atoms with van der Waals surface area (Å²) >= 11 is 12.3. The molecule has 7 heteroatoms. The van der Waals surface area contributed by atoms with Crippen LogP contribution in [0.2, 0.25) is 10.0 Å². The fourth-order valence-corrected chi connectivity index (χ4v) is 2.97. The van der Waals surface area contributed by atoms with Crippen LogP contribution in [-0.4, -0.2) is 14.8 Å². The molecule has 0 fully saturated rings. The number of nitrogens with one attached hydrogen (secondary N) is 1. The predicted molar refractivity (Wildman–Crippen MR) is 84.9 cm³/mol. The van der Waals surface area contributed by atoms with E-state index in [4.69, 9.17) is 27.6 Å². The summed E-state index contributed by atoms with van der Waals surface area (Å²) in [5, 5.41) is 8.63. The van der Waals surface area contributed by atoms with Crippen molar-refractivity contribution in [2.24, 2.45) is 0 Å². The van der Waals surface area contributed by atoms with Gasteiger partial charge in [0.15, 0.2) is 0 Å². The average molecular weight is 333 g/mol. The Labute approximate surface area is 136 Å². The SMILES string of the molecule is Clc1ccc(C2=CC(c3ccco3)n3ncnc3N2)c(Cl)c1. The third kappa shape index (κ3) is 2.19. The first kappa shape index (κ1) is 13.4. The number of aromatic nitrogens is 3. The summed E-state index contributed by atoms with van der Waals surface area (Å²) in [4.78, 5) is 4.23. The fourth-order valence-electron chi connectivity index (χ4n) is 2.46. The van der Waals surface area contributed by atoms with Crippen LogP contribution in [0.5, 0.6) is 0 Å². The van der Waals surface area contributed by atoms with E-state index in [2.05, 4.69) is 15.4 Å². The minimum Gasteiger partial charge on any atom is -0.467 e. The Hall–Kier alpha value is -2.24. The van der Waals surface area contributed by atoms with E-state index in [9.17, 15) is 0 Å². The summed E-state index contributed by atoms with van der Waals surface area (Å²) in [5.74, 6) is 1.40. The van der Waals surface area contributed by atoms with Crippen LogP contribution in [0.15, 0.2) is 53.4 Å². The molecule has 2 aromatic heterocycles. The van der Waals surface area contributed by atoms with Crippen LogP contribution in [0.1, 0.15) is 17.4 Å². The molecule has 1 aromatic carbocycles. The molecule has 0 spiro atoms. The number of nitrogens with zero attached hydrogens (tertiary/aromatic N) is 3. The van der Waals surface area contributed by atoms with E-state index in [1.54, 1.807) is 23.1 Å². The van der Waals surface area contributed by atoms with Gasteiger partial charge >= 0.3 is 0 Å². The van der Waals surface area contributed by atoms with Crippen LogP contribution in [0.25, 0.3) is 5.70 Å². The second kappa shape index (κ2) is 5.19. The summed E-state index contributed by atoms with van der Waals surface area (Å²) in [5.41, 5.74) is 1.68. The van der Waals surface area contributed by atoms with Gasteiger partial charge in [0.25, 0.3) is 0 Å². The lowest BCUT2D eigenvalue weighted by atomic mass is 10.1. The number of anilines is 1. The van der Waals surface area contributed by atoms with Gasteiger partial charge in [0.05, 0.1) is 11.3 Å². The Morgan fingerprint density at radius 1 is 1.23 bits per heavy atom. The molecule has 0 saturated heterocycles. The zero-order valence-corrected chi connectivity index (χ0v) is 12.7. The standard InChI is InChI=1S/C15H10Cl2N4O/c16-9-3-4-10(11(17)6-9)12-7-13(14-2-1-5-22-14)21-15(20-12)18-8-19-21/h1-8,13H,(H,18,19,20). The molecule has 110 valence electrons. The van der Waals surface area contributed by atoms with Crippen molar-refractivity contribution < 1.29 is 4.42 Å². The van der Waals surface area contributed by atoms with Gasteiger partial charge in [0.1, 0.15) is 18.1 Å². The molecule has 0 saturated carbocycles. The minimum absolute atomic E-state index is 0.185. The van der Waals surface area contributed by atoms with Crippen molar-refractivity contribution in [3.8, 4) is 0 Å². The highest BCUT2D eigenvalue weighted by Crippen LogP contribution is 2.35. The van der Waals surface area contributed by atoms with Gasteiger partial charge in [-0.1, -0.05) is 23.2 Å². The topological polar surface area (TPSA) is 55.9 Å². The molecule has 4 rings (SSSR count). The molecule has 5 nitrogen and oxygen atoms in total. The maximum Gasteiger partial charge on any atom is 0.226 e. The van der Waals surface area contributed by atoms with Crippen LogP contribution in [0, 0.1) is 0 Å². The van der Waals surface area contributed by atoms with E-state index in [1.165, 1.54) is 6.33 Å². The van der Waals surface area contributed by atoms with Crippen molar-refractivity contribution in [1.29, 1.82) is 0 Å². The highest BCUT2D eigenvalue weighted by atomic mass is 35.5. The molecule has 1 aliphatic heterocycles. The highest BCUT2D eigenvalue weighted by Gasteiger charge is 2.25. The largest absolute Gasteiger partial charge is 0.467 e. The number of fused-ring (bicyclic) bond motifs is 1. The number of allylic oxidation sites excluding steroid dienone is 1. The van der Waals surface area contributed by atoms with Crippen LogP contribution >= 0.6 is 23.2 Å². The van der Waals surface area contributed by atoms with Crippen molar-refractivity contribution in [2.75, 3.05) is 5.32 Å². The van der Waals surface area contributed by atoms with Crippen molar-refractivity contribution >= 4 is 34.8 Å². The lowest BCUT2D eigenvalue weighted by molar-refractivity contribution is 0.448. The molecular formula is C15H10Cl2N4O. The molecule has 3 heterocycles. The molecule has 1 atom stereocenters. The monoisotopic (exact) mass is 332 g/mol. The van der Waals surface area contributed by atoms with E-state index >= 15 is 0 Å². The van der Waals surface area contributed by atoms with Gasteiger partial charge in [-0.3, -0.25) is 0 Å². The van der Waals surface area contributed by atoms with Gasteiger partial charge in [-0.25, -0.2) is 4.68 Å². The van der Waals surface area contributed by atoms with Gasteiger partial charge in [0.2, 0.25) is 5.95 Å². The quantitative estimate of drug-likeness (QED) is 0.762. The third-order valence-electron chi connectivity index (χ3n) is 3.46. The number of benzene rings is 1. The van der Waals surface area contributed by atoms with E-state index in [-0.39, 0.29) is 6.04 Å². The zero-order valence-electron chi connectivity index (χ0n) is 11.2. The minimum atomic E-state index is -0.185. The van der Waals surface area contributed by atoms with Crippen molar-refractivity contribution in [3.63, 3.8) is 0 Å². The Morgan fingerprint density at radius 2 is 2.14 bits per heavy atom. The third-order valence-corrected chi connectivity index (χ3v) is 4.01. The number of hydrogen-bond donors (Lipinski definition) is 1. The molecule has 0 radical (unpaired) electrons. The first-order valence-electron chi connectivity index (χ1n) is 6.59. The van der Waals surface area contributed by atoms with E-state index in [1.807, 2.05) is 24.3 Å². The lowest BCUT2D eigenvalue weighted by Crippen LogP contribution is -2.20. The van der Waals surface area contributed by atoms with E-state index < -0.39 is 0 Å². The molecule has 0 aliphatic carbocycles. The fraction of sp³-hybridized carbons (Fsp3) is 0.0667. The smallest absolute Gasteiger partial charge is 0.226 e. The maximum absolute atomic E-state index is 6.30. The maximum atomic E-state index is 6.30. The van der Waals surface area contributed by atoms with Crippen LogP contribution in [0.4, 0.5) is 5.95 Å². The number of rotatable bonds is 2. The molecule has 0 bridgehead atoms. The average Bonchev–Trinajstić information content (AvgIpc) is 3.17. The molecule has 3 aromatic rings. The van der Waals surface area contributed by atoms with Crippen molar-refractivity contribution in [1.82, 2.24) is 14.8 Å². The van der Waals surface area contributed by atoms with E-state index in [0.717, 1.165) is 17.0 Å². The summed E-state index contributed by atoms with van der Waals surface area (Å²) < 4.78 is 7.27. The lowest BCUT2D eigenvalue weighted by Gasteiger charge is -2.23. The Balaban J connectivity index is 1.83. The molecule has 1 N–H and O–H groups in total. The van der Waals surface area contributed by atoms with Gasteiger partial charge in [-0.15, -0.1) is 0 Å². The Kier molecular flexibility index (Phi) is 3.17. The molecular weight excluding hydrogens is 323 g/mol. The number of halogens is 2. The summed E-state index contributed by atoms with van der Waals surface area (Å²) in [6.07, 6.45) is 5.13. The van der Waals surface area contributed by atoms with Crippen molar-refractivity contribution in [2.45, 2.75) is 6.04 Å². The van der Waals surface area contributed by atoms with E-state index in [0.29, 0.717) is 16.0 Å². The second-order valence-corrected chi connectivity index (χ2v) is 5.66. The molecule has 22 heavy (non-hydrogen) atoms. The van der Waals surface area contributed by atoms with Crippen LogP contribution < -0.4 is 5.32 Å². The predicted octanol–water partition coefficient (Wildman–Crippen LogP) is 4.23. The summed E-state index contributed by atoms with van der Waals surface area (Å²) in [6.45, 7) is 0. The molecule has 0 amide bonds. The first-order valence-corrected chi connectivity index (χ1v) is 7.35. The summed E-state index contributed by atoms with van der Waals surface area (Å²) in [6, 6.07) is 8.94. The molecule has 1 unspecified atom stereocenters. The van der Waals surface area contributed by atoms with Gasteiger partial charge in [-0.2, -0.15) is 10.1 Å². The molecule has 1 aliphatic rings. The number of hydrogen-bond acceptors (Lipinski definition) is 4. The van der Waals surface area contributed by atoms with Gasteiger partial charge in [0, 0.05) is 16.3 Å². The van der Waals surface area contributed by atoms with Crippen LogP contribution in [-0.2, 0) is 0 Å². The summed E-state index contributed by atoms with van der Waals surface area (Å²) in [7, 11) is 0. The second-order valence-electron chi connectivity index (χ2n) is 4.82. The van der Waals surface area contributed by atoms with Gasteiger partial charge < -0.3 is 9.73 Å². The highest BCUT2D eigenvalue weighted by molar-refractivity contribution is 6.35. The van der Waals surface area contributed by atoms with Crippen molar-refractivity contribution in [3.05, 3.63) is 70.4 Å². The van der Waals surface area contributed by atoms with Crippen LogP contribution in [0.3, 0.4) is 0 Å². The Morgan fingerprint density at radius 3 is 2.91 bits per heavy atom. The zero-order chi connectivity index (χ0) is 15.1. The van der Waals surface area contributed by atoms with Gasteiger partial charge in [-0.05, 0) is 36.4 Å². The number of furan rings is 1. The normalized spacial score (nSPS) is 16.8.